The molecule has 0 radical (unpaired) electrons. The molecule has 1 aromatic carbocycles. The lowest BCUT2D eigenvalue weighted by Gasteiger charge is -2.44. The smallest absolute Gasteiger partial charge is 0.326 e. The van der Waals surface area contributed by atoms with Gasteiger partial charge in [0.2, 0.25) is 23.6 Å². The summed E-state index contributed by atoms with van der Waals surface area (Å²) >= 11 is 0. The number of imide groups is 1. The summed E-state index contributed by atoms with van der Waals surface area (Å²) in [6, 6.07) is 5.90. The molecule has 16 heteroatoms. The van der Waals surface area contributed by atoms with E-state index in [9.17, 15) is 38.7 Å². The summed E-state index contributed by atoms with van der Waals surface area (Å²) in [6.07, 6.45) is 8.42. The van der Waals surface area contributed by atoms with Crippen LogP contribution in [0.2, 0.25) is 0 Å². The highest BCUT2D eigenvalue weighted by Gasteiger charge is 2.44. The number of piperidine rings is 1. The average molecular weight is 937 g/mol. The predicted molar refractivity (Wildman–Crippen MR) is 255 cm³/mol. The van der Waals surface area contributed by atoms with E-state index in [0.717, 1.165) is 44.1 Å². The zero-order valence-corrected chi connectivity index (χ0v) is 41.8. The van der Waals surface area contributed by atoms with Gasteiger partial charge in [-0.2, -0.15) is 0 Å². The second-order valence-corrected chi connectivity index (χ2v) is 19.6. The number of hydrogen-bond acceptors (Lipinski definition) is 10. The highest BCUT2D eigenvalue weighted by Crippen LogP contribution is 2.31. The summed E-state index contributed by atoms with van der Waals surface area (Å²) in [4.78, 5) is 100. The molecule has 11 atom stereocenters. The van der Waals surface area contributed by atoms with Crippen LogP contribution in [-0.2, 0) is 49.5 Å². The normalized spacial score (nSPS) is 23.1. The van der Waals surface area contributed by atoms with Crippen LogP contribution in [0.5, 0.6) is 0 Å². The molecule has 3 aliphatic heterocycles. The van der Waals surface area contributed by atoms with Crippen molar-refractivity contribution in [1.29, 1.82) is 0 Å². The molecule has 2 saturated heterocycles. The van der Waals surface area contributed by atoms with E-state index in [0.29, 0.717) is 38.9 Å². The summed E-state index contributed by atoms with van der Waals surface area (Å²) in [7, 11) is 4.76. The lowest BCUT2D eigenvalue weighted by molar-refractivity contribution is -0.148. The van der Waals surface area contributed by atoms with E-state index < -0.39 is 60.2 Å². The van der Waals surface area contributed by atoms with Gasteiger partial charge in [-0.1, -0.05) is 91.1 Å². The van der Waals surface area contributed by atoms with E-state index in [-0.39, 0.29) is 66.2 Å². The minimum Gasteiger partial charge on any atom is -0.480 e. The van der Waals surface area contributed by atoms with Crippen LogP contribution >= 0.6 is 0 Å². The van der Waals surface area contributed by atoms with Crippen molar-refractivity contribution in [3.05, 3.63) is 48.0 Å². The van der Waals surface area contributed by atoms with Crippen molar-refractivity contribution >= 4 is 41.4 Å². The molecule has 6 amide bonds. The van der Waals surface area contributed by atoms with Crippen molar-refractivity contribution in [3.63, 3.8) is 0 Å². The number of methoxy groups -OCH3 is 2. The number of carbonyl (C=O) groups excluding carboxylic acids is 6. The Bertz CT molecular complexity index is 1840. The molecule has 67 heavy (non-hydrogen) atoms. The lowest BCUT2D eigenvalue weighted by Crippen LogP contribution is -2.62. The number of amides is 6. The van der Waals surface area contributed by atoms with Crippen LogP contribution in [0.1, 0.15) is 118 Å². The Morgan fingerprint density at radius 1 is 0.866 bits per heavy atom. The van der Waals surface area contributed by atoms with E-state index >= 15 is 0 Å². The third kappa shape index (κ3) is 14.4. The molecule has 0 bridgehead atoms. The fraction of sp³-hybridized carbons (Fsp3) is 0.706. The van der Waals surface area contributed by atoms with Crippen LogP contribution in [0.3, 0.4) is 0 Å². The molecule has 0 unspecified atom stereocenters. The third-order valence-corrected chi connectivity index (χ3v) is 14.6. The minimum absolute atomic E-state index is 0.0361. The largest absolute Gasteiger partial charge is 0.480 e. The van der Waals surface area contributed by atoms with Crippen LogP contribution in [0.4, 0.5) is 0 Å². The highest BCUT2D eigenvalue weighted by atomic mass is 16.5. The summed E-state index contributed by atoms with van der Waals surface area (Å²) in [5.74, 6) is -3.83. The fourth-order valence-corrected chi connectivity index (χ4v) is 10.4. The van der Waals surface area contributed by atoms with E-state index in [1.54, 1.807) is 30.9 Å². The Hall–Kier alpha value is -4.67. The number of likely N-dealkylation sites (tertiary alicyclic amines) is 2. The number of rotatable bonds is 26. The Balaban J connectivity index is 1.42. The molecule has 374 valence electrons. The molecule has 0 aliphatic carbocycles. The number of carboxylic acids is 1. The fourth-order valence-electron chi connectivity index (χ4n) is 10.4. The number of likely N-dealkylation sites (N-methyl/N-ethyl adjacent to an activating group) is 1. The molecule has 3 N–H and O–H groups in total. The first-order valence-electron chi connectivity index (χ1n) is 24.6. The third-order valence-electron chi connectivity index (χ3n) is 14.6. The van der Waals surface area contributed by atoms with Gasteiger partial charge in [-0.25, -0.2) is 4.79 Å². The number of carboxylic acid groups (broad SMARTS) is 1. The molecule has 0 saturated carbocycles. The summed E-state index contributed by atoms with van der Waals surface area (Å²) in [5, 5.41) is 15.8. The second kappa shape index (κ2) is 26.2. The number of hydrogen-bond donors (Lipinski definition) is 3. The molecule has 0 spiro atoms. The van der Waals surface area contributed by atoms with Gasteiger partial charge >= 0.3 is 5.97 Å². The first kappa shape index (κ1) is 54.9. The molecule has 3 heterocycles. The molecular formula is C51H80N6O10. The zero-order chi connectivity index (χ0) is 49.5. The average Bonchev–Trinajstić information content (AvgIpc) is 3.92. The number of nitrogens with zero attached hydrogens (tertiary/aromatic N) is 4. The first-order chi connectivity index (χ1) is 31.9. The SMILES string of the molecule is CC[C@H](C)[C@@H]([C@@H](CC(=O)N1CCC[C@H]1[C@H](OC)[C@@H](C)C(=O)N[C@@H](Cc1ccccc1)C(=O)O)OC)N(C)C(=O)[C@@H](NC(=O)[C@@H]1[C@H](C)CC[C@@H](C)N1CCCCCCN1C(=O)C=CC1=O)C(C)C. The van der Waals surface area contributed by atoms with E-state index in [1.165, 1.54) is 24.2 Å². The molecule has 0 aromatic heterocycles. The number of unbranched alkanes of at least 4 members (excludes halogenated alkanes) is 3. The number of nitrogens with one attached hydrogen (secondary N) is 2. The van der Waals surface area contributed by atoms with Gasteiger partial charge in [0.1, 0.15) is 12.1 Å². The molecule has 3 aliphatic rings. The molecular weight excluding hydrogens is 857 g/mol. The van der Waals surface area contributed by atoms with Crippen molar-refractivity contribution in [2.24, 2.45) is 23.7 Å². The quantitative estimate of drug-likeness (QED) is 0.0851. The van der Waals surface area contributed by atoms with Gasteiger partial charge in [-0.05, 0) is 75.3 Å². The van der Waals surface area contributed by atoms with Crippen molar-refractivity contribution in [2.75, 3.05) is 40.9 Å². The van der Waals surface area contributed by atoms with Crippen molar-refractivity contribution in [3.8, 4) is 0 Å². The molecule has 16 nitrogen and oxygen atoms in total. The summed E-state index contributed by atoms with van der Waals surface area (Å²) in [6.45, 7) is 15.4. The Kier molecular flexibility index (Phi) is 21.5. The topological polar surface area (TPSA) is 195 Å². The van der Waals surface area contributed by atoms with Crippen LogP contribution in [0, 0.1) is 23.7 Å². The maximum atomic E-state index is 14.7. The number of carbonyl (C=O) groups is 7. The first-order valence-corrected chi connectivity index (χ1v) is 24.6. The Labute approximate surface area is 398 Å². The van der Waals surface area contributed by atoms with Crippen LogP contribution in [-0.4, -0.2) is 155 Å². The minimum atomic E-state index is -1.15. The van der Waals surface area contributed by atoms with Crippen LogP contribution in [0.15, 0.2) is 42.5 Å². The molecule has 2 fully saturated rings. The van der Waals surface area contributed by atoms with Crippen LogP contribution < -0.4 is 10.6 Å². The van der Waals surface area contributed by atoms with Crippen molar-refractivity contribution in [2.45, 2.75) is 168 Å². The second-order valence-electron chi connectivity index (χ2n) is 19.6. The van der Waals surface area contributed by atoms with Gasteiger partial charge in [0, 0.05) is 59.0 Å². The molecule has 1 aromatic rings. The van der Waals surface area contributed by atoms with Gasteiger partial charge in [-0.15, -0.1) is 0 Å². The van der Waals surface area contributed by atoms with Gasteiger partial charge in [0.15, 0.2) is 0 Å². The Morgan fingerprint density at radius 2 is 1.51 bits per heavy atom. The number of ether oxygens (including phenoxy) is 2. The van der Waals surface area contributed by atoms with Gasteiger partial charge in [0.05, 0.1) is 42.7 Å². The Morgan fingerprint density at radius 3 is 2.09 bits per heavy atom. The maximum Gasteiger partial charge on any atom is 0.326 e. The zero-order valence-electron chi connectivity index (χ0n) is 41.8. The van der Waals surface area contributed by atoms with E-state index in [2.05, 4.69) is 29.4 Å². The number of aliphatic carboxylic acids is 1. The molecule has 4 rings (SSSR count). The van der Waals surface area contributed by atoms with Crippen molar-refractivity contribution in [1.82, 2.24) is 30.2 Å². The van der Waals surface area contributed by atoms with Crippen molar-refractivity contribution < 1.29 is 48.1 Å². The van der Waals surface area contributed by atoms with Gasteiger partial charge < -0.3 is 35.0 Å². The highest BCUT2D eigenvalue weighted by molar-refractivity contribution is 6.12. The van der Waals surface area contributed by atoms with E-state index in [4.69, 9.17) is 9.47 Å². The summed E-state index contributed by atoms with van der Waals surface area (Å²) in [5.41, 5.74) is 0.776. The maximum absolute atomic E-state index is 14.7. The lowest BCUT2D eigenvalue weighted by atomic mass is 9.85. The van der Waals surface area contributed by atoms with Gasteiger partial charge in [-0.3, -0.25) is 38.6 Å². The van der Waals surface area contributed by atoms with Gasteiger partial charge in [0.25, 0.3) is 11.8 Å². The standard InChI is InChI=1S/C51H80N6O10/c1-11-33(4)45(40(66-9)31-43(60)56-29-19-22-39(56)47(67-10)36(7)48(61)52-38(51(64)65)30-37-20-15-14-16-21-37)54(8)50(63)44(32(2)3)53-49(62)46-34(5)23-24-35(6)55(46)27-17-12-13-18-28-57-41(58)25-26-42(57)59/h14-16,20-21,25-26,32-36,38-40,44-47H,11-13,17-19,22-24,27-31H2,1-10H3,(H,52,61)(H,53,62)(H,64,65)/t33-,34+,35+,36+,38-,39-,40+,44-,45-,46-,47+/m0/s1. The van der Waals surface area contributed by atoms with E-state index in [1.807, 2.05) is 58.0 Å². The number of benzene rings is 1. The van der Waals surface area contributed by atoms with Crippen LogP contribution in [0.25, 0.3) is 0 Å². The monoisotopic (exact) mass is 937 g/mol. The summed E-state index contributed by atoms with van der Waals surface area (Å²) < 4.78 is 12.0. The predicted octanol–water partition coefficient (Wildman–Crippen LogP) is 4.83.